The number of ether oxygens (including phenoxy) is 2. The number of carbonyl (C=O) groups excluding carboxylic acids is 2. The van der Waals surface area contributed by atoms with Crippen LogP contribution in [0.5, 0.6) is 0 Å². The normalized spacial score (nSPS) is 17.3. The lowest BCUT2D eigenvalue weighted by molar-refractivity contribution is -0.144. The number of aliphatic hydroxyl groups is 2. The van der Waals surface area contributed by atoms with Gasteiger partial charge in [-0.3, -0.25) is 0 Å². The van der Waals surface area contributed by atoms with Gasteiger partial charge in [-0.05, 0) is 87.5 Å². The Bertz CT molecular complexity index is 1210. The van der Waals surface area contributed by atoms with Crippen molar-refractivity contribution in [2.45, 2.75) is 109 Å². The van der Waals surface area contributed by atoms with Crippen LogP contribution in [0.15, 0.2) is 72.8 Å². The first-order valence-electron chi connectivity index (χ1n) is 16.1. The summed E-state index contributed by atoms with van der Waals surface area (Å²) in [6, 6.07) is 16.8. The predicted molar refractivity (Wildman–Crippen MR) is 176 cm³/mol. The van der Waals surface area contributed by atoms with Crippen LogP contribution in [0.4, 0.5) is 0 Å². The highest BCUT2D eigenvalue weighted by Crippen LogP contribution is 2.38. The molecule has 0 saturated heterocycles. The van der Waals surface area contributed by atoms with Gasteiger partial charge in [-0.25, -0.2) is 9.59 Å². The summed E-state index contributed by atoms with van der Waals surface area (Å²) in [5, 5.41) is 20.3. The third kappa shape index (κ3) is 10.2. The Morgan fingerprint density at radius 3 is 1.66 bits per heavy atom. The first kappa shape index (κ1) is 35.3. The Labute approximate surface area is 264 Å². The highest BCUT2D eigenvalue weighted by Gasteiger charge is 2.28. The Hall–Kier alpha value is -3.22. The standard InChI is InChI=1S/C38H52O6/c1-8-9-10-11-28-12-14-29(15-13-28)30-16-18-31(19-17-30)32-20-22-33(23-21-32)34(24-43-35(39)26(2)37(4,5)41)25-44-36(40)27(3)38(6,7)42/h16-23,28-29,34,41-42H,2-3,8-15,24-25H2,1,4-7H3. The molecule has 44 heavy (non-hydrogen) atoms. The number of unbranched alkanes of at least 4 members (excludes halogenated alkanes) is 2. The van der Waals surface area contributed by atoms with Gasteiger partial charge >= 0.3 is 11.9 Å². The molecule has 1 aliphatic rings. The fourth-order valence-corrected chi connectivity index (χ4v) is 5.63. The van der Waals surface area contributed by atoms with Gasteiger partial charge in [0.1, 0.15) is 13.2 Å². The van der Waals surface area contributed by atoms with E-state index >= 15 is 0 Å². The molecule has 0 spiro atoms. The van der Waals surface area contributed by atoms with Gasteiger partial charge in [0.2, 0.25) is 0 Å². The van der Waals surface area contributed by atoms with Gasteiger partial charge in [-0.1, -0.05) is 94.3 Å². The number of esters is 2. The largest absolute Gasteiger partial charge is 0.461 e. The van der Waals surface area contributed by atoms with E-state index in [1.807, 2.05) is 24.3 Å². The van der Waals surface area contributed by atoms with Gasteiger partial charge in [0.25, 0.3) is 0 Å². The molecule has 6 nitrogen and oxygen atoms in total. The maximum absolute atomic E-state index is 12.5. The summed E-state index contributed by atoms with van der Waals surface area (Å²) >= 11 is 0. The Morgan fingerprint density at radius 1 is 0.773 bits per heavy atom. The van der Waals surface area contributed by atoms with E-state index in [1.54, 1.807) is 0 Å². The van der Waals surface area contributed by atoms with Crippen molar-refractivity contribution < 1.29 is 29.3 Å². The van der Waals surface area contributed by atoms with Gasteiger partial charge in [0.05, 0.1) is 28.3 Å². The number of carbonyl (C=O) groups is 2. The Morgan fingerprint density at radius 2 is 1.23 bits per heavy atom. The molecule has 1 saturated carbocycles. The highest BCUT2D eigenvalue weighted by molar-refractivity contribution is 5.90. The van der Waals surface area contributed by atoms with E-state index in [0.717, 1.165) is 22.6 Å². The second-order valence-electron chi connectivity index (χ2n) is 13.4. The van der Waals surface area contributed by atoms with E-state index in [9.17, 15) is 19.8 Å². The van der Waals surface area contributed by atoms with Crippen molar-refractivity contribution in [3.05, 3.63) is 84.0 Å². The number of hydrogen-bond acceptors (Lipinski definition) is 6. The van der Waals surface area contributed by atoms with E-state index in [2.05, 4.69) is 44.3 Å². The van der Waals surface area contributed by atoms with Crippen LogP contribution in [-0.4, -0.2) is 46.6 Å². The maximum Gasteiger partial charge on any atom is 0.336 e. The first-order valence-corrected chi connectivity index (χ1v) is 16.1. The van der Waals surface area contributed by atoms with Crippen LogP contribution >= 0.6 is 0 Å². The molecule has 3 rings (SSSR count). The van der Waals surface area contributed by atoms with E-state index < -0.39 is 29.1 Å². The van der Waals surface area contributed by atoms with Crippen LogP contribution in [0.3, 0.4) is 0 Å². The molecule has 1 fully saturated rings. The zero-order valence-electron chi connectivity index (χ0n) is 27.4. The van der Waals surface area contributed by atoms with Crippen molar-refractivity contribution in [2.75, 3.05) is 13.2 Å². The predicted octanol–water partition coefficient (Wildman–Crippen LogP) is 8.03. The monoisotopic (exact) mass is 604 g/mol. The van der Waals surface area contributed by atoms with E-state index in [-0.39, 0.29) is 24.4 Å². The fourth-order valence-electron chi connectivity index (χ4n) is 5.63. The average Bonchev–Trinajstić information content (AvgIpc) is 3.00. The quantitative estimate of drug-likeness (QED) is 0.121. The smallest absolute Gasteiger partial charge is 0.336 e. The van der Waals surface area contributed by atoms with E-state index in [1.165, 1.54) is 84.6 Å². The van der Waals surface area contributed by atoms with Crippen LogP contribution in [-0.2, 0) is 19.1 Å². The Kier molecular flexibility index (Phi) is 12.6. The minimum absolute atomic E-state index is 0.0672. The third-order valence-corrected chi connectivity index (χ3v) is 8.96. The minimum atomic E-state index is -1.42. The molecule has 6 heteroatoms. The molecule has 0 unspecified atom stereocenters. The van der Waals surface area contributed by atoms with Gasteiger partial charge in [-0.2, -0.15) is 0 Å². The summed E-state index contributed by atoms with van der Waals surface area (Å²) in [5.41, 5.74) is 1.42. The van der Waals surface area contributed by atoms with Gasteiger partial charge < -0.3 is 19.7 Å². The first-order chi connectivity index (χ1) is 20.7. The lowest BCUT2D eigenvalue weighted by atomic mass is 9.77. The van der Waals surface area contributed by atoms with Crippen molar-refractivity contribution in [1.82, 2.24) is 0 Å². The molecule has 2 aromatic carbocycles. The van der Waals surface area contributed by atoms with Crippen molar-refractivity contribution in [3.63, 3.8) is 0 Å². The molecule has 240 valence electrons. The molecule has 2 N–H and O–H groups in total. The van der Waals surface area contributed by atoms with E-state index in [4.69, 9.17) is 9.47 Å². The number of rotatable bonds is 15. The number of benzene rings is 2. The van der Waals surface area contributed by atoms with Gasteiger partial charge in [-0.15, -0.1) is 0 Å². The lowest BCUT2D eigenvalue weighted by Gasteiger charge is -2.29. The molecule has 2 aromatic rings. The van der Waals surface area contributed by atoms with E-state index in [0.29, 0.717) is 5.92 Å². The van der Waals surface area contributed by atoms with Crippen LogP contribution < -0.4 is 0 Å². The Balaban J connectivity index is 1.67. The third-order valence-electron chi connectivity index (χ3n) is 8.96. The molecule has 0 radical (unpaired) electrons. The summed E-state index contributed by atoms with van der Waals surface area (Å²) in [6.07, 6.45) is 10.6. The summed E-state index contributed by atoms with van der Waals surface area (Å²) < 4.78 is 10.9. The summed E-state index contributed by atoms with van der Waals surface area (Å²) in [4.78, 5) is 25.0. The topological polar surface area (TPSA) is 93.1 Å². The summed E-state index contributed by atoms with van der Waals surface area (Å²) in [7, 11) is 0. The molecular weight excluding hydrogens is 552 g/mol. The summed E-state index contributed by atoms with van der Waals surface area (Å²) in [5.74, 6) is -0.402. The van der Waals surface area contributed by atoms with Crippen LogP contribution in [0.2, 0.25) is 0 Å². The second-order valence-corrected chi connectivity index (χ2v) is 13.4. The molecule has 0 amide bonds. The van der Waals surface area contributed by atoms with Crippen molar-refractivity contribution >= 4 is 11.9 Å². The van der Waals surface area contributed by atoms with Crippen molar-refractivity contribution in [1.29, 1.82) is 0 Å². The lowest BCUT2D eigenvalue weighted by Crippen LogP contribution is -2.30. The zero-order valence-corrected chi connectivity index (χ0v) is 27.4. The maximum atomic E-state index is 12.5. The fraction of sp³-hybridized carbons (Fsp3) is 0.526. The molecule has 0 aliphatic heterocycles. The molecule has 0 atom stereocenters. The second kappa shape index (κ2) is 15.7. The molecule has 0 aromatic heterocycles. The summed E-state index contributed by atoms with van der Waals surface area (Å²) in [6.45, 7) is 15.2. The highest BCUT2D eigenvalue weighted by atomic mass is 16.5. The minimum Gasteiger partial charge on any atom is -0.461 e. The van der Waals surface area contributed by atoms with Crippen LogP contribution in [0, 0.1) is 5.92 Å². The van der Waals surface area contributed by atoms with Gasteiger partial charge in [0.15, 0.2) is 0 Å². The van der Waals surface area contributed by atoms with Crippen LogP contribution in [0.25, 0.3) is 11.1 Å². The number of hydrogen-bond donors (Lipinski definition) is 2. The van der Waals surface area contributed by atoms with Crippen LogP contribution in [0.1, 0.15) is 109 Å². The van der Waals surface area contributed by atoms with Crippen molar-refractivity contribution in [3.8, 4) is 11.1 Å². The van der Waals surface area contributed by atoms with Gasteiger partial charge in [0, 0.05) is 0 Å². The molecule has 0 bridgehead atoms. The van der Waals surface area contributed by atoms with Crippen molar-refractivity contribution in [2.24, 2.45) is 5.92 Å². The zero-order chi connectivity index (χ0) is 32.5. The average molecular weight is 605 g/mol. The molecule has 1 aliphatic carbocycles. The molecular formula is C38H52O6. The SMILES string of the molecule is C=C(C(=O)OCC(COC(=O)C(=C)C(C)(C)O)c1ccc(-c2ccc(C3CCC(CCCCC)CC3)cc2)cc1)C(C)(C)O. The molecule has 0 heterocycles.